The maximum absolute atomic E-state index is 11.2. The SMILES string of the molecule is O=[N+]([O-])c1cccnc1N[C@H](c1ccccc1)c1ccc(Cl)cc1. The summed E-state index contributed by atoms with van der Waals surface area (Å²) in [6.07, 6.45) is 1.53. The second-order valence-electron chi connectivity index (χ2n) is 5.17. The first-order valence-corrected chi connectivity index (χ1v) is 7.69. The molecule has 5 nitrogen and oxygen atoms in total. The molecule has 6 heteroatoms. The Labute approximate surface area is 144 Å². The Hall–Kier alpha value is -2.92. The maximum atomic E-state index is 11.2. The zero-order valence-electron chi connectivity index (χ0n) is 12.6. The highest BCUT2D eigenvalue weighted by Gasteiger charge is 2.20. The highest BCUT2D eigenvalue weighted by Crippen LogP contribution is 2.30. The number of benzene rings is 2. The minimum absolute atomic E-state index is 0.0626. The van der Waals surface area contributed by atoms with Gasteiger partial charge in [-0.05, 0) is 29.3 Å². The topological polar surface area (TPSA) is 68.1 Å². The Balaban J connectivity index is 2.03. The summed E-state index contributed by atoms with van der Waals surface area (Å²) in [6.45, 7) is 0. The molecule has 3 rings (SSSR count). The molecular formula is C18H14ClN3O2. The molecule has 24 heavy (non-hydrogen) atoms. The van der Waals surface area contributed by atoms with Crippen LogP contribution in [0.25, 0.3) is 0 Å². The average Bonchev–Trinajstić information content (AvgIpc) is 2.61. The lowest BCUT2D eigenvalue weighted by Crippen LogP contribution is -2.14. The molecule has 0 radical (unpaired) electrons. The van der Waals surface area contributed by atoms with E-state index in [0.29, 0.717) is 5.02 Å². The third-order valence-electron chi connectivity index (χ3n) is 3.60. The summed E-state index contributed by atoms with van der Waals surface area (Å²) in [7, 11) is 0. The average molecular weight is 340 g/mol. The number of halogens is 1. The molecule has 0 saturated carbocycles. The van der Waals surface area contributed by atoms with E-state index in [1.165, 1.54) is 12.3 Å². The minimum Gasteiger partial charge on any atom is -0.353 e. The molecule has 1 heterocycles. The fourth-order valence-corrected chi connectivity index (χ4v) is 2.58. The normalized spacial score (nSPS) is 11.7. The fraction of sp³-hybridized carbons (Fsp3) is 0.0556. The van der Waals surface area contributed by atoms with E-state index >= 15 is 0 Å². The van der Waals surface area contributed by atoms with E-state index in [-0.39, 0.29) is 17.5 Å². The number of anilines is 1. The first-order valence-electron chi connectivity index (χ1n) is 7.31. The van der Waals surface area contributed by atoms with Crippen LogP contribution in [0.3, 0.4) is 0 Å². The van der Waals surface area contributed by atoms with Crippen LogP contribution >= 0.6 is 11.6 Å². The Morgan fingerprint density at radius 3 is 2.29 bits per heavy atom. The number of rotatable bonds is 5. The van der Waals surface area contributed by atoms with Crippen molar-refractivity contribution in [3.8, 4) is 0 Å². The summed E-state index contributed by atoms with van der Waals surface area (Å²) >= 11 is 5.97. The standard InChI is InChI=1S/C18H14ClN3O2/c19-15-10-8-14(9-11-15)17(13-5-2-1-3-6-13)21-18-16(22(23)24)7-4-12-20-18/h1-12,17H,(H,20,21)/t17-/m1/s1. The van der Waals surface area contributed by atoms with Crippen molar-refractivity contribution in [1.82, 2.24) is 4.98 Å². The summed E-state index contributed by atoms with van der Waals surface area (Å²) in [4.78, 5) is 14.9. The Bertz CT molecular complexity index is 838. The van der Waals surface area contributed by atoms with Crippen LogP contribution in [0.4, 0.5) is 11.5 Å². The number of nitrogens with one attached hydrogen (secondary N) is 1. The van der Waals surface area contributed by atoms with Crippen LogP contribution in [0, 0.1) is 10.1 Å². The van der Waals surface area contributed by atoms with Crippen molar-refractivity contribution >= 4 is 23.1 Å². The minimum atomic E-state index is -0.445. The van der Waals surface area contributed by atoms with Crippen LogP contribution < -0.4 is 5.32 Å². The number of pyridine rings is 1. The third kappa shape index (κ3) is 3.52. The lowest BCUT2D eigenvalue weighted by atomic mass is 9.98. The predicted octanol–water partition coefficient (Wildman–Crippen LogP) is 4.84. The van der Waals surface area contributed by atoms with Crippen molar-refractivity contribution in [2.45, 2.75) is 6.04 Å². The second kappa shape index (κ2) is 7.10. The van der Waals surface area contributed by atoms with E-state index < -0.39 is 4.92 Å². The number of nitrogens with zero attached hydrogens (tertiary/aromatic N) is 2. The lowest BCUT2D eigenvalue weighted by molar-refractivity contribution is -0.384. The monoisotopic (exact) mass is 339 g/mol. The van der Waals surface area contributed by atoms with E-state index in [1.807, 2.05) is 42.5 Å². The second-order valence-corrected chi connectivity index (χ2v) is 5.60. The fourth-order valence-electron chi connectivity index (χ4n) is 2.45. The molecule has 120 valence electrons. The molecule has 0 fully saturated rings. The van der Waals surface area contributed by atoms with Crippen molar-refractivity contribution < 1.29 is 4.92 Å². The molecule has 0 aliphatic carbocycles. The van der Waals surface area contributed by atoms with Crippen LogP contribution in [0.2, 0.25) is 5.02 Å². The highest BCUT2D eigenvalue weighted by molar-refractivity contribution is 6.30. The molecule has 0 unspecified atom stereocenters. The molecule has 0 saturated heterocycles. The van der Waals surface area contributed by atoms with E-state index in [1.54, 1.807) is 18.2 Å². The van der Waals surface area contributed by atoms with E-state index in [0.717, 1.165) is 11.1 Å². The van der Waals surface area contributed by atoms with Gasteiger partial charge in [0.25, 0.3) is 0 Å². The van der Waals surface area contributed by atoms with E-state index in [9.17, 15) is 10.1 Å². The quantitative estimate of drug-likeness (QED) is 0.533. The van der Waals surface area contributed by atoms with Gasteiger partial charge in [-0.2, -0.15) is 0 Å². The van der Waals surface area contributed by atoms with Crippen LogP contribution in [0.15, 0.2) is 72.9 Å². The molecule has 1 atom stereocenters. The zero-order chi connectivity index (χ0) is 16.9. The first-order chi connectivity index (χ1) is 11.6. The molecule has 0 amide bonds. The molecule has 1 aromatic heterocycles. The van der Waals surface area contributed by atoms with Gasteiger partial charge in [0.15, 0.2) is 0 Å². The first kappa shape index (κ1) is 16.0. The van der Waals surface area contributed by atoms with Crippen LogP contribution in [-0.4, -0.2) is 9.91 Å². The van der Waals surface area contributed by atoms with Crippen molar-refractivity contribution in [2.75, 3.05) is 5.32 Å². The Kier molecular flexibility index (Phi) is 4.72. The number of hydrogen-bond acceptors (Lipinski definition) is 4. The van der Waals surface area contributed by atoms with Crippen LogP contribution in [-0.2, 0) is 0 Å². The van der Waals surface area contributed by atoms with Gasteiger partial charge in [0.2, 0.25) is 5.82 Å². The summed E-state index contributed by atoms with van der Waals surface area (Å²) in [5, 5.41) is 15.0. The van der Waals surface area contributed by atoms with Gasteiger partial charge in [0.1, 0.15) is 0 Å². The third-order valence-corrected chi connectivity index (χ3v) is 3.85. The van der Waals surface area contributed by atoms with Crippen molar-refractivity contribution in [2.24, 2.45) is 0 Å². The largest absolute Gasteiger partial charge is 0.353 e. The van der Waals surface area contributed by atoms with Crippen molar-refractivity contribution in [1.29, 1.82) is 0 Å². The summed E-state index contributed by atoms with van der Waals surface area (Å²) < 4.78 is 0. The summed E-state index contributed by atoms with van der Waals surface area (Å²) in [5.74, 6) is 0.228. The highest BCUT2D eigenvalue weighted by atomic mass is 35.5. The molecule has 0 aliphatic rings. The smallest absolute Gasteiger partial charge is 0.311 e. The van der Waals surface area contributed by atoms with Gasteiger partial charge in [0.05, 0.1) is 11.0 Å². The molecule has 2 aromatic carbocycles. The molecule has 0 aliphatic heterocycles. The summed E-state index contributed by atoms with van der Waals surface area (Å²) in [6, 6.07) is 19.7. The molecular weight excluding hydrogens is 326 g/mol. The number of nitro groups is 1. The molecule has 1 N–H and O–H groups in total. The van der Waals surface area contributed by atoms with E-state index in [2.05, 4.69) is 10.3 Å². The van der Waals surface area contributed by atoms with Crippen LogP contribution in [0.1, 0.15) is 17.2 Å². The van der Waals surface area contributed by atoms with Crippen molar-refractivity contribution in [3.63, 3.8) is 0 Å². The van der Waals surface area contributed by atoms with Gasteiger partial charge >= 0.3 is 5.69 Å². The van der Waals surface area contributed by atoms with Gasteiger partial charge < -0.3 is 5.32 Å². The van der Waals surface area contributed by atoms with Gasteiger partial charge in [-0.3, -0.25) is 10.1 Å². The van der Waals surface area contributed by atoms with Crippen molar-refractivity contribution in [3.05, 3.63) is 99.2 Å². The Morgan fingerprint density at radius 2 is 1.62 bits per heavy atom. The number of aromatic nitrogens is 1. The number of hydrogen-bond donors (Lipinski definition) is 1. The van der Waals surface area contributed by atoms with Gasteiger partial charge in [0, 0.05) is 17.3 Å². The molecule has 3 aromatic rings. The zero-order valence-corrected chi connectivity index (χ0v) is 13.4. The van der Waals surface area contributed by atoms with E-state index in [4.69, 9.17) is 11.6 Å². The van der Waals surface area contributed by atoms with Gasteiger partial charge in [-0.15, -0.1) is 0 Å². The van der Waals surface area contributed by atoms with Gasteiger partial charge in [-0.25, -0.2) is 4.98 Å². The van der Waals surface area contributed by atoms with Gasteiger partial charge in [-0.1, -0.05) is 54.1 Å². The predicted molar refractivity (Wildman–Crippen MR) is 94.3 cm³/mol. The van der Waals surface area contributed by atoms with Crippen LogP contribution in [0.5, 0.6) is 0 Å². The molecule has 0 bridgehead atoms. The molecule has 0 spiro atoms. The summed E-state index contributed by atoms with van der Waals surface area (Å²) in [5.41, 5.74) is 1.85. The maximum Gasteiger partial charge on any atom is 0.311 e. The Morgan fingerprint density at radius 1 is 0.958 bits per heavy atom. The lowest BCUT2D eigenvalue weighted by Gasteiger charge is -2.20.